The van der Waals surface area contributed by atoms with Crippen LogP contribution < -0.4 is 5.32 Å². The number of ether oxygens (including phenoxy) is 6. The van der Waals surface area contributed by atoms with E-state index >= 15 is 0 Å². The van der Waals surface area contributed by atoms with Crippen LogP contribution in [-0.4, -0.2) is 193 Å². The first-order chi connectivity index (χ1) is 38.8. The number of allylic oxidation sites excluding steroid dienone is 5. The van der Waals surface area contributed by atoms with E-state index in [1.165, 1.54) is 116 Å². The second kappa shape index (κ2) is 44.5. The third-order valence-corrected chi connectivity index (χ3v) is 15.7. The predicted octanol–water partition coefficient (Wildman–Crippen LogP) is 6.10. The maximum atomic E-state index is 13.3. The monoisotopic (exact) mass is 1150 g/mol. The van der Waals surface area contributed by atoms with Crippen LogP contribution in [0.15, 0.2) is 36.5 Å². The molecule has 19 heteroatoms. The zero-order valence-corrected chi connectivity index (χ0v) is 48.8. The molecule has 3 saturated heterocycles. The zero-order valence-electron chi connectivity index (χ0n) is 48.8. The Morgan fingerprint density at radius 3 is 1.31 bits per heavy atom. The summed E-state index contributed by atoms with van der Waals surface area (Å²) >= 11 is 0. The van der Waals surface area contributed by atoms with Gasteiger partial charge in [0.05, 0.1) is 38.6 Å². The molecule has 80 heavy (non-hydrogen) atoms. The predicted molar refractivity (Wildman–Crippen MR) is 305 cm³/mol. The molecule has 3 heterocycles. The van der Waals surface area contributed by atoms with E-state index in [2.05, 4.69) is 43.5 Å². The topological polar surface area (TPSA) is 307 Å². The van der Waals surface area contributed by atoms with Gasteiger partial charge in [-0.3, -0.25) is 4.79 Å². The summed E-state index contributed by atoms with van der Waals surface area (Å²) in [7, 11) is 0. The van der Waals surface area contributed by atoms with Crippen LogP contribution in [0.2, 0.25) is 0 Å². The lowest BCUT2D eigenvalue weighted by Crippen LogP contribution is -2.66. The molecule has 0 aliphatic carbocycles. The number of hydrogen-bond acceptors (Lipinski definition) is 18. The number of carbonyl (C=O) groups is 1. The lowest BCUT2D eigenvalue weighted by atomic mass is 9.96. The number of aliphatic hydroxyl groups excluding tert-OH is 11. The molecule has 17 atom stereocenters. The average Bonchev–Trinajstić information content (AvgIpc) is 3.47. The van der Waals surface area contributed by atoms with E-state index in [1.807, 2.05) is 6.08 Å². The average molecular weight is 1150 g/mol. The lowest BCUT2D eigenvalue weighted by molar-refractivity contribution is -0.379. The number of rotatable bonds is 46. The highest BCUT2D eigenvalue weighted by molar-refractivity contribution is 5.76. The van der Waals surface area contributed by atoms with E-state index in [9.17, 15) is 61.0 Å². The van der Waals surface area contributed by atoms with Gasteiger partial charge in [0.1, 0.15) is 73.2 Å². The fourth-order valence-corrected chi connectivity index (χ4v) is 10.5. The molecule has 1 amide bonds. The maximum Gasteiger partial charge on any atom is 0.220 e. The SMILES string of the molecule is CCCC/C=C\C/C=C\CCCCCCCC(=O)NC(COC1OC(CO)C(OC2OC(CO)C(OC3OC(CO)C(O)C(O)C3O)C(O)C2O)C(O)C1O)C(O)/C=C/CCCCCCCCCCCCCCCCCCCCC. The molecule has 3 rings (SSSR count). The number of hydrogen-bond donors (Lipinski definition) is 12. The minimum Gasteiger partial charge on any atom is -0.394 e. The molecular formula is C61H111NO18. The minimum atomic E-state index is -1.98. The maximum absolute atomic E-state index is 13.3. The van der Waals surface area contributed by atoms with Gasteiger partial charge in [-0.2, -0.15) is 0 Å². The third kappa shape index (κ3) is 27.8. The zero-order chi connectivity index (χ0) is 58.3. The normalized spacial score (nSPS) is 30.2. The molecule has 19 nitrogen and oxygen atoms in total. The number of aliphatic hydroxyl groups is 11. The molecule has 3 aliphatic heterocycles. The summed E-state index contributed by atoms with van der Waals surface area (Å²) in [5.41, 5.74) is 0. The Kier molecular flexibility index (Phi) is 40.2. The standard InChI is InChI=1S/C61H111NO18/c1-3-5-7-9-11-13-15-17-19-20-21-22-23-24-25-26-28-30-32-34-36-38-45(66)44(62-49(67)39-37-35-33-31-29-27-18-16-14-12-10-8-6-4-2)43-75-59-55(73)52(70)57(47(41-64)77-59)80-61-56(74)53(71)58(48(42-65)78-61)79-60-54(72)51(69)50(68)46(40-63)76-60/h10,12,16,18,36,38,44-48,50-61,63-66,68-74H,3-9,11,13-15,17,19-35,37,39-43H2,1-2H3,(H,62,67)/b12-10-,18-16-,38-36+. The highest BCUT2D eigenvalue weighted by Gasteiger charge is 2.53. The summed E-state index contributed by atoms with van der Waals surface area (Å²) in [4.78, 5) is 13.3. The molecule has 12 N–H and O–H groups in total. The molecule has 3 aliphatic rings. The van der Waals surface area contributed by atoms with Crippen LogP contribution in [0.1, 0.15) is 213 Å². The Morgan fingerprint density at radius 2 is 0.838 bits per heavy atom. The van der Waals surface area contributed by atoms with Crippen LogP contribution in [0.5, 0.6) is 0 Å². The van der Waals surface area contributed by atoms with Gasteiger partial charge in [-0.1, -0.05) is 198 Å². The van der Waals surface area contributed by atoms with Crippen molar-refractivity contribution in [2.24, 2.45) is 0 Å². The molecule has 0 bridgehead atoms. The molecule has 0 saturated carbocycles. The smallest absolute Gasteiger partial charge is 0.220 e. The summed E-state index contributed by atoms with van der Waals surface area (Å²) in [6.45, 7) is 1.67. The van der Waals surface area contributed by atoms with Crippen molar-refractivity contribution in [2.45, 2.75) is 317 Å². The van der Waals surface area contributed by atoms with E-state index in [0.29, 0.717) is 6.42 Å². The Balaban J connectivity index is 1.49. The molecule has 0 aromatic carbocycles. The highest BCUT2D eigenvalue weighted by Crippen LogP contribution is 2.33. The lowest BCUT2D eigenvalue weighted by Gasteiger charge is -2.48. The summed E-state index contributed by atoms with van der Waals surface area (Å²) in [5, 5.41) is 120. The van der Waals surface area contributed by atoms with Gasteiger partial charge in [0.15, 0.2) is 18.9 Å². The van der Waals surface area contributed by atoms with E-state index in [4.69, 9.17) is 28.4 Å². The molecule has 0 spiro atoms. The van der Waals surface area contributed by atoms with E-state index < -0.39 is 124 Å². The van der Waals surface area contributed by atoms with Crippen molar-refractivity contribution in [1.82, 2.24) is 5.32 Å². The summed E-state index contributed by atoms with van der Waals surface area (Å²) in [6, 6.07) is -0.979. The van der Waals surface area contributed by atoms with Crippen molar-refractivity contribution in [3.8, 4) is 0 Å². The van der Waals surface area contributed by atoms with Crippen molar-refractivity contribution < 1.29 is 89.4 Å². The quantitative estimate of drug-likeness (QED) is 0.0242. The summed E-state index contributed by atoms with van der Waals surface area (Å²) in [5.74, 6) is -0.290. The number of nitrogens with one attached hydrogen (secondary N) is 1. The summed E-state index contributed by atoms with van der Waals surface area (Å²) < 4.78 is 34.2. The Hall–Kier alpha value is -1.99. The van der Waals surface area contributed by atoms with Gasteiger partial charge in [-0.05, 0) is 44.9 Å². The first-order valence-corrected chi connectivity index (χ1v) is 31.2. The molecule has 3 fully saturated rings. The number of amides is 1. The van der Waals surface area contributed by atoms with Crippen LogP contribution in [0.25, 0.3) is 0 Å². The Bertz CT molecular complexity index is 1600. The molecular weight excluding hydrogens is 1030 g/mol. The van der Waals surface area contributed by atoms with Crippen LogP contribution in [0, 0.1) is 0 Å². The third-order valence-electron chi connectivity index (χ3n) is 15.7. The van der Waals surface area contributed by atoms with Crippen molar-refractivity contribution in [1.29, 1.82) is 0 Å². The van der Waals surface area contributed by atoms with E-state index in [-0.39, 0.29) is 18.9 Å². The largest absolute Gasteiger partial charge is 0.394 e. The Morgan fingerprint density at radius 1 is 0.450 bits per heavy atom. The van der Waals surface area contributed by atoms with Gasteiger partial charge in [0.25, 0.3) is 0 Å². The molecule has 0 aromatic rings. The second-order valence-corrected chi connectivity index (χ2v) is 22.5. The summed E-state index contributed by atoms with van der Waals surface area (Å²) in [6.07, 6.45) is 21.2. The fraction of sp³-hybridized carbons (Fsp3) is 0.885. The molecule has 468 valence electrons. The van der Waals surface area contributed by atoms with E-state index in [0.717, 1.165) is 70.6 Å². The Labute approximate surface area is 479 Å². The first-order valence-electron chi connectivity index (χ1n) is 31.2. The minimum absolute atomic E-state index is 0.227. The van der Waals surface area contributed by atoms with Gasteiger partial charge in [-0.15, -0.1) is 0 Å². The fourth-order valence-electron chi connectivity index (χ4n) is 10.5. The van der Waals surface area contributed by atoms with Crippen LogP contribution in [0.4, 0.5) is 0 Å². The first kappa shape index (κ1) is 72.3. The number of carbonyl (C=O) groups excluding carboxylic acids is 1. The van der Waals surface area contributed by atoms with Crippen molar-refractivity contribution in [2.75, 3.05) is 26.4 Å². The van der Waals surface area contributed by atoms with Gasteiger partial charge >= 0.3 is 0 Å². The van der Waals surface area contributed by atoms with Crippen LogP contribution >= 0.6 is 0 Å². The van der Waals surface area contributed by atoms with Crippen molar-refractivity contribution in [3.63, 3.8) is 0 Å². The number of unbranched alkanes of at least 4 members (excludes halogenated alkanes) is 26. The van der Waals surface area contributed by atoms with Crippen molar-refractivity contribution in [3.05, 3.63) is 36.5 Å². The van der Waals surface area contributed by atoms with Crippen LogP contribution in [0.3, 0.4) is 0 Å². The molecule has 0 aromatic heterocycles. The van der Waals surface area contributed by atoms with Gasteiger partial charge in [0, 0.05) is 6.42 Å². The van der Waals surface area contributed by atoms with Crippen LogP contribution in [-0.2, 0) is 33.2 Å². The van der Waals surface area contributed by atoms with Gasteiger partial charge in [0.2, 0.25) is 5.91 Å². The second-order valence-electron chi connectivity index (χ2n) is 22.5. The van der Waals surface area contributed by atoms with Gasteiger partial charge in [-0.25, -0.2) is 0 Å². The van der Waals surface area contributed by atoms with Gasteiger partial charge < -0.3 is 89.9 Å². The van der Waals surface area contributed by atoms with Crippen molar-refractivity contribution >= 4 is 5.91 Å². The highest BCUT2D eigenvalue weighted by atomic mass is 16.8. The molecule has 0 radical (unpaired) electrons. The molecule has 17 unspecified atom stereocenters. The van der Waals surface area contributed by atoms with E-state index in [1.54, 1.807) is 6.08 Å².